The SMILES string of the molecule is C[C@H](OS(C)(=O)=O)[C@@H]1CNC1=O. The summed E-state index contributed by atoms with van der Waals surface area (Å²) in [6, 6.07) is 0. The van der Waals surface area contributed by atoms with Gasteiger partial charge in [0.2, 0.25) is 5.91 Å². The van der Waals surface area contributed by atoms with E-state index in [4.69, 9.17) is 0 Å². The molecule has 1 N–H and O–H groups in total. The largest absolute Gasteiger partial charge is 0.355 e. The predicted octanol–water partition coefficient (Wildman–Crippen LogP) is -0.903. The first kappa shape index (κ1) is 9.47. The molecule has 0 unspecified atom stereocenters. The Hall–Kier alpha value is -0.620. The molecule has 12 heavy (non-hydrogen) atoms. The minimum atomic E-state index is -3.45. The summed E-state index contributed by atoms with van der Waals surface area (Å²) in [7, 11) is -3.45. The van der Waals surface area contributed by atoms with Gasteiger partial charge in [-0.3, -0.25) is 8.98 Å². The van der Waals surface area contributed by atoms with Crippen LogP contribution < -0.4 is 5.32 Å². The number of nitrogens with one attached hydrogen (secondary N) is 1. The van der Waals surface area contributed by atoms with Gasteiger partial charge >= 0.3 is 0 Å². The number of β-lactam (4-membered cyclic amide) rings is 1. The van der Waals surface area contributed by atoms with Gasteiger partial charge < -0.3 is 5.32 Å². The Labute approximate surface area is 71.2 Å². The highest BCUT2D eigenvalue weighted by atomic mass is 32.2. The minimum Gasteiger partial charge on any atom is -0.355 e. The van der Waals surface area contributed by atoms with Crippen molar-refractivity contribution in [2.75, 3.05) is 12.8 Å². The summed E-state index contributed by atoms with van der Waals surface area (Å²) in [5.41, 5.74) is 0. The predicted molar refractivity (Wildman–Crippen MR) is 41.9 cm³/mol. The van der Waals surface area contributed by atoms with Crippen LogP contribution in [0.3, 0.4) is 0 Å². The fraction of sp³-hybridized carbons (Fsp3) is 0.833. The molecule has 0 aromatic rings. The monoisotopic (exact) mass is 193 g/mol. The van der Waals surface area contributed by atoms with Gasteiger partial charge in [0, 0.05) is 6.54 Å². The molecule has 1 fully saturated rings. The van der Waals surface area contributed by atoms with E-state index >= 15 is 0 Å². The highest BCUT2D eigenvalue weighted by Crippen LogP contribution is 2.15. The van der Waals surface area contributed by atoms with Gasteiger partial charge in [0.25, 0.3) is 10.1 Å². The van der Waals surface area contributed by atoms with Crippen LogP contribution in [0.2, 0.25) is 0 Å². The van der Waals surface area contributed by atoms with Gasteiger partial charge in [-0.1, -0.05) is 0 Å². The smallest absolute Gasteiger partial charge is 0.264 e. The van der Waals surface area contributed by atoms with E-state index in [0.29, 0.717) is 6.54 Å². The van der Waals surface area contributed by atoms with E-state index in [-0.39, 0.29) is 11.8 Å². The molecule has 0 aromatic heterocycles. The zero-order valence-corrected chi connectivity index (χ0v) is 7.72. The molecule has 1 saturated heterocycles. The lowest BCUT2D eigenvalue weighted by molar-refractivity contribution is -0.134. The average molecular weight is 193 g/mol. The summed E-state index contributed by atoms with van der Waals surface area (Å²) >= 11 is 0. The second-order valence-electron chi connectivity index (χ2n) is 2.86. The molecule has 0 aromatic carbocycles. The molecule has 0 spiro atoms. The van der Waals surface area contributed by atoms with Crippen molar-refractivity contribution in [3.63, 3.8) is 0 Å². The molecule has 1 heterocycles. The highest BCUT2D eigenvalue weighted by molar-refractivity contribution is 7.86. The molecule has 1 aliphatic heterocycles. The van der Waals surface area contributed by atoms with E-state index in [1.165, 1.54) is 0 Å². The number of hydrogen-bond acceptors (Lipinski definition) is 4. The average Bonchev–Trinajstić information content (AvgIpc) is 1.79. The molecule has 0 saturated carbocycles. The van der Waals surface area contributed by atoms with Gasteiger partial charge in [-0.2, -0.15) is 8.42 Å². The number of carbonyl (C=O) groups is 1. The lowest BCUT2D eigenvalue weighted by Gasteiger charge is -2.29. The highest BCUT2D eigenvalue weighted by Gasteiger charge is 2.35. The van der Waals surface area contributed by atoms with Crippen molar-refractivity contribution < 1.29 is 17.4 Å². The lowest BCUT2D eigenvalue weighted by atomic mass is 9.97. The van der Waals surface area contributed by atoms with E-state index in [1.807, 2.05) is 0 Å². The molecule has 1 rings (SSSR count). The molecule has 1 aliphatic rings. The first-order valence-corrected chi connectivity index (χ1v) is 5.38. The molecule has 70 valence electrons. The molecular weight excluding hydrogens is 182 g/mol. The Morgan fingerprint density at radius 3 is 2.50 bits per heavy atom. The number of hydrogen-bond donors (Lipinski definition) is 1. The maximum Gasteiger partial charge on any atom is 0.264 e. The Balaban J connectivity index is 2.49. The van der Waals surface area contributed by atoms with Crippen LogP contribution in [0.25, 0.3) is 0 Å². The Morgan fingerprint density at radius 1 is 1.67 bits per heavy atom. The van der Waals surface area contributed by atoms with Crippen LogP contribution in [0.1, 0.15) is 6.92 Å². The van der Waals surface area contributed by atoms with E-state index in [0.717, 1.165) is 6.26 Å². The van der Waals surface area contributed by atoms with Gasteiger partial charge in [0.05, 0.1) is 18.3 Å². The molecule has 5 nitrogen and oxygen atoms in total. The van der Waals surface area contributed by atoms with Crippen LogP contribution in [-0.4, -0.2) is 33.2 Å². The minimum absolute atomic E-state index is 0.147. The Morgan fingerprint density at radius 2 is 2.25 bits per heavy atom. The summed E-state index contributed by atoms with van der Waals surface area (Å²) in [6.45, 7) is 2.07. The van der Waals surface area contributed by atoms with Crippen LogP contribution >= 0.6 is 0 Å². The summed E-state index contributed by atoms with van der Waals surface area (Å²) in [5, 5.41) is 2.51. The normalized spacial score (nSPS) is 25.8. The zero-order chi connectivity index (χ0) is 9.35. The topological polar surface area (TPSA) is 72.5 Å². The van der Waals surface area contributed by atoms with Gasteiger partial charge in [0.1, 0.15) is 0 Å². The van der Waals surface area contributed by atoms with E-state index < -0.39 is 16.2 Å². The van der Waals surface area contributed by atoms with Crippen molar-refractivity contribution in [1.82, 2.24) is 5.32 Å². The maximum atomic E-state index is 10.8. The third-order valence-corrected chi connectivity index (χ3v) is 2.38. The molecule has 6 heteroatoms. The number of carbonyl (C=O) groups excluding carboxylic acids is 1. The fourth-order valence-electron chi connectivity index (χ4n) is 1.03. The second-order valence-corrected chi connectivity index (χ2v) is 4.46. The van der Waals surface area contributed by atoms with Crippen molar-refractivity contribution in [2.24, 2.45) is 5.92 Å². The van der Waals surface area contributed by atoms with Gasteiger partial charge in [-0.05, 0) is 6.92 Å². The van der Waals surface area contributed by atoms with Crippen molar-refractivity contribution >= 4 is 16.0 Å². The van der Waals surface area contributed by atoms with Crippen molar-refractivity contribution in [2.45, 2.75) is 13.0 Å². The lowest BCUT2D eigenvalue weighted by Crippen LogP contribution is -2.54. The Bertz CT molecular complexity index is 284. The summed E-state index contributed by atoms with van der Waals surface area (Å²) < 4.78 is 25.9. The van der Waals surface area contributed by atoms with Crippen molar-refractivity contribution in [3.05, 3.63) is 0 Å². The first-order chi connectivity index (χ1) is 5.40. The van der Waals surface area contributed by atoms with Crippen LogP contribution in [0, 0.1) is 5.92 Å². The molecule has 2 atom stereocenters. The van der Waals surface area contributed by atoms with Crippen LogP contribution in [0.4, 0.5) is 0 Å². The molecule has 0 aliphatic carbocycles. The summed E-state index contributed by atoms with van der Waals surface area (Å²) in [6.07, 6.45) is 0.411. The summed E-state index contributed by atoms with van der Waals surface area (Å²) in [5.74, 6) is -0.467. The van der Waals surface area contributed by atoms with Crippen molar-refractivity contribution in [1.29, 1.82) is 0 Å². The third-order valence-electron chi connectivity index (χ3n) is 1.73. The Kier molecular flexibility index (Phi) is 2.39. The maximum absolute atomic E-state index is 10.8. The molecule has 0 bridgehead atoms. The quantitative estimate of drug-likeness (QED) is 0.465. The van der Waals surface area contributed by atoms with E-state index in [2.05, 4.69) is 9.50 Å². The van der Waals surface area contributed by atoms with E-state index in [9.17, 15) is 13.2 Å². The van der Waals surface area contributed by atoms with Crippen LogP contribution in [-0.2, 0) is 19.1 Å². The number of rotatable bonds is 3. The van der Waals surface area contributed by atoms with E-state index in [1.54, 1.807) is 6.92 Å². The fourth-order valence-corrected chi connectivity index (χ4v) is 1.71. The first-order valence-electron chi connectivity index (χ1n) is 3.56. The standard InChI is InChI=1S/C6H11NO4S/c1-4(11-12(2,9)10)5-3-7-6(5)8/h4-5H,3H2,1-2H3,(H,7,8)/t4-,5-/m0/s1. The molecule has 0 radical (unpaired) electrons. The number of amides is 1. The van der Waals surface area contributed by atoms with Gasteiger partial charge in [-0.15, -0.1) is 0 Å². The van der Waals surface area contributed by atoms with Crippen LogP contribution in [0.15, 0.2) is 0 Å². The van der Waals surface area contributed by atoms with Gasteiger partial charge in [-0.25, -0.2) is 0 Å². The second kappa shape index (κ2) is 3.02. The molecule has 1 amide bonds. The molecular formula is C6H11NO4S. The third kappa shape index (κ3) is 2.18. The van der Waals surface area contributed by atoms with Crippen molar-refractivity contribution in [3.8, 4) is 0 Å². The van der Waals surface area contributed by atoms with Crippen LogP contribution in [0.5, 0.6) is 0 Å². The summed E-state index contributed by atoms with van der Waals surface area (Å²) in [4.78, 5) is 10.8. The zero-order valence-electron chi connectivity index (χ0n) is 6.90. The van der Waals surface area contributed by atoms with Gasteiger partial charge in [0.15, 0.2) is 0 Å².